The van der Waals surface area contributed by atoms with Crippen molar-refractivity contribution in [2.75, 3.05) is 24.3 Å². The number of benzene rings is 1. The third kappa shape index (κ3) is 5.80. The van der Waals surface area contributed by atoms with E-state index in [0.29, 0.717) is 52.3 Å². The van der Waals surface area contributed by atoms with Gasteiger partial charge < -0.3 is 14.8 Å². The van der Waals surface area contributed by atoms with Crippen molar-refractivity contribution in [1.82, 2.24) is 9.55 Å². The van der Waals surface area contributed by atoms with Gasteiger partial charge in [-0.1, -0.05) is 25.6 Å². The van der Waals surface area contributed by atoms with Crippen LogP contribution in [-0.2, 0) is 11.3 Å². The van der Waals surface area contributed by atoms with E-state index < -0.39 is 0 Å². The largest absolute Gasteiger partial charge is 0.494 e. The Bertz CT molecular complexity index is 1110. The number of nitrogens with one attached hydrogen (secondary N) is 1. The van der Waals surface area contributed by atoms with Crippen LogP contribution in [0.3, 0.4) is 0 Å². The highest BCUT2D eigenvalue weighted by atomic mass is 32.2. The molecular formula is C22H27N3O4S2. The highest BCUT2D eigenvalue weighted by molar-refractivity contribution is 7.99. The van der Waals surface area contributed by atoms with E-state index in [4.69, 9.17) is 9.47 Å². The molecule has 0 spiro atoms. The number of ether oxygens (including phenoxy) is 2. The average Bonchev–Trinajstić information content (AvgIpc) is 3.20. The fraction of sp³-hybridized carbons (Fsp3) is 0.409. The Labute approximate surface area is 189 Å². The monoisotopic (exact) mass is 461 g/mol. The maximum Gasteiger partial charge on any atom is 0.272 e. The fourth-order valence-corrected chi connectivity index (χ4v) is 4.61. The Balaban J connectivity index is 1.79. The first-order valence-electron chi connectivity index (χ1n) is 10.2. The summed E-state index contributed by atoms with van der Waals surface area (Å²) in [5.74, 6) is 1.42. The molecule has 1 N–H and O–H groups in total. The summed E-state index contributed by atoms with van der Waals surface area (Å²) in [6.07, 6.45) is 0. The molecule has 2 heterocycles. The average molecular weight is 462 g/mol. The maximum atomic E-state index is 12.9. The molecule has 31 heavy (non-hydrogen) atoms. The number of anilines is 1. The second kappa shape index (κ2) is 10.7. The van der Waals surface area contributed by atoms with Gasteiger partial charge in [0.25, 0.3) is 5.56 Å². The number of thiophene rings is 1. The highest BCUT2D eigenvalue weighted by Gasteiger charge is 2.16. The third-order valence-corrected chi connectivity index (χ3v) is 6.11. The van der Waals surface area contributed by atoms with E-state index in [9.17, 15) is 9.59 Å². The van der Waals surface area contributed by atoms with Crippen molar-refractivity contribution >= 4 is 44.9 Å². The predicted molar refractivity (Wildman–Crippen MR) is 127 cm³/mol. The summed E-state index contributed by atoms with van der Waals surface area (Å²) in [5, 5.41) is 5.30. The summed E-state index contributed by atoms with van der Waals surface area (Å²) in [7, 11) is 0. The number of hydrogen-bond acceptors (Lipinski definition) is 7. The van der Waals surface area contributed by atoms with Crippen molar-refractivity contribution in [3.8, 4) is 11.5 Å². The first kappa shape index (κ1) is 23.1. The molecule has 3 rings (SSSR count). The summed E-state index contributed by atoms with van der Waals surface area (Å²) >= 11 is 2.65. The van der Waals surface area contributed by atoms with Gasteiger partial charge in [0.1, 0.15) is 16.2 Å². The molecule has 0 aliphatic rings. The Kier molecular flexibility index (Phi) is 7.97. The van der Waals surface area contributed by atoms with Crippen LogP contribution >= 0.6 is 23.1 Å². The Morgan fingerprint density at radius 3 is 2.71 bits per heavy atom. The minimum absolute atomic E-state index is 0.0559. The lowest BCUT2D eigenvalue weighted by molar-refractivity contribution is -0.113. The zero-order valence-corrected chi connectivity index (χ0v) is 19.8. The molecule has 2 aromatic heterocycles. The number of thioether (sulfide) groups is 1. The third-order valence-electron chi connectivity index (χ3n) is 4.25. The van der Waals surface area contributed by atoms with Crippen LogP contribution in [0.5, 0.6) is 11.5 Å². The molecule has 0 saturated carbocycles. The number of fused-ring (bicyclic) bond motifs is 1. The number of carbonyl (C=O) groups is 1. The van der Waals surface area contributed by atoms with Gasteiger partial charge in [0.2, 0.25) is 5.91 Å². The Morgan fingerprint density at radius 1 is 1.23 bits per heavy atom. The zero-order valence-electron chi connectivity index (χ0n) is 18.1. The van der Waals surface area contributed by atoms with E-state index in [1.165, 1.54) is 23.1 Å². The lowest BCUT2D eigenvalue weighted by Gasteiger charge is -2.15. The Morgan fingerprint density at radius 2 is 2.00 bits per heavy atom. The van der Waals surface area contributed by atoms with Gasteiger partial charge in [-0.15, -0.1) is 11.3 Å². The van der Waals surface area contributed by atoms with Gasteiger partial charge in [0.15, 0.2) is 5.16 Å². The minimum atomic E-state index is -0.213. The summed E-state index contributed by atoms with van der Waals surface area (Å²) in [6.45, 7) is 9.45. The van der Waals surface area contributed by atoms with E-state index in [0.717, 1.165) is 0 Å². The summed E-state index contributed by atoms with van der Waals surface area (Å²) < 4.78 is 13.5. The van der Waals surface area contributed by atoms with Gasteiger partial charge >= 0.3 is 0 Å². The minimum Gasteiger partial charge on any atom is -0.494 e. The number of aromatic nitrogens is 2. The van der Waals surface area contributed by atoms with Gasteiger partial charge in [0.05, 0.1) is 30.2 Å². The number of rotatable bonds is 10. The number of hydrogen-bond donors (Lipinski definition) is 1. The van der Waals surface area contributed by atoms with Crippen LogP contribution in [0.1, 0.15) is 27.7 Å². The smallest absolute Gasteiger partial charge is 0.272 e. The van der Waals surface area contributed by atoms with Crippen LogP contribution in [0.4, 0.5) is 5.69 Å². The quantitative estimate of drug-likeness (QED) is 0.350. The van der Waals surface area contributed by atoms with Crippen LogP contribution in [0.2, 0.25) is 0 Å². The van der Waals surface area contributed by atoms with Gasteiger partial charge in [-0.3, -0.25) is 14.2 Å². The molecule has 0 fully saturated rings. The van der Waals surface area contributed by atoms with E-state index in [-0.39, 0.29) is 23.1 Å². The molecule has 1 amide bonds. The van der Waals surface area contributed by atoms with Crippen LogP contribution in [0.15, 0.2) is 39.6 Å². The lowest BCUT2D eigenvalue weighted by Crippen LogP contribution is -2.25. The molecule has 0 bridgehead atoms. The van der Waals surface area contributed by atoms with E-state index in [2.05, 4.69) is 10.3 Å². The molecule has 0 unspecified atom stereocenters. The molecule has 3 aromatic rings. The van der Waals surface area contributed by atoms with Crippen LogP contribution in [0, 0.1) is 5.92 Å². The van der Waals surface area contributed by atoms with Crippen molar-refractivity contribution < 1.29 is 14.3 Å². The molecule has 0 saturated heterocycles. The van der Waals surface area contributed by atoms with Crippen molar-refractivity contribution in [3.63, 3.8) is 0 Å². The molecule has 9 heteroatoms. The molecule has 7 nitrogen and oxygen atoms in total. The topological polar surface area (TPSA) is 82.5 Å². The summed E-state index contributed by atoms with van der Waals surface area (Å²) in [5.41, 5.74) is 1.17. The second-order valence-electron chi connectivity index (χ2n) is 7.20. The van der Waals surface area contributed by atoms with Gasteiger partial charge in [-0.2, -0.15) is 0 Å². The summed E-state index contributed by atoms with van der Waals surface area (Å²) in [6, 6.07) is 7.17. The van der Waals surface area contributed by atoms with E-state index >= 15 is 0 Å². The normalized spacial score (nSPS) is 11.1. The van der Waals surface area contributed by atoms with Gasteiger partial charge in [0, 0.05) is 12.6 Å². The number of nitrogens with zero attached hydrogens (tertiary/aromatic N) is 2. The lowest BCUT2D eigenvalue weighted by atomic mass is 10.2. The SMILES string of the molecule is CCOc1ccc(OCC)c(NC(=O)CSc2nc3ccsc3c(=O)n2CC(C)C)c1. The molecule has 0 aliphatic carbocycles. The Hall–Kier alpha value is -2.52. The second-order valence-corrected chi connectivity index (χ2v) is 9.06. The maximum absolute atomic E-state index is 12.9. The van der Waals surface area contributed by atoms with Crippen LogP contribution < -0.4 is 20.3 Å². The van der Waals surface area contributed by atoms with Crippen LogP contribution in [-0.4, -0.2) is 34.4 Å². The van der Waals surface area contributed by atoms with Gasteiger partial charge in [-0.05, 0) is 43.3 Å². The first-order chi connectivity index (χ1) is 14.9. The van der Waals surface area contributed by atoms with Crippen molar-refractivity contribution in [2.45, 2.75) is 39.4 Å². The van der Waals surface area contributed by atoms with E-state index in [1.54, 1.807) is 16.7 Å². The standard InChI is InChI=1S/C22H27N3O4S2/c1-5-28-15-7-8-18(29-6-2)17(11-15)23-19(26)13-31-22-24-16-9-10-30-20(16)21(27)25(22)12-14(3)4/h7-11,14H,5-6,12-13H2,1-4H3,(H,23,26). The fourth-order valence-electron chi connectivity index (χ4n) is 3.02. The predicted octanol–water partition coefficient (Wildman–Crippen LogP) is 4.64. The number of carbonyl (C=O) groups excluding carboxylic acids is 1. The van der Waals surface area contributed by atoms with Crippen molar-refractivity contribution in [1.29, 1.82) is 0 Å². The van der Waals surface area contributed by atoms with Crippen molar-refractivity contribution in [2.24, 2.45) is 5.92 Å². The first-order valence-corrected chi connectivity index (χ1v) is 12.1. The van der Waals surface area contributed by atoms with Gasteiger partial charge in [-0.25, -0.2) is 4.98 Å². The van der Waals surface area contributed by atoms with E-state index in [1.807, 2.05) is 45.2 Å². The zero-order chi connectivity index (χ0) is 22.4. The molecule has 0 atom stereocenters. The molecule has 166 valence electrons. The van der Waals surface area contributed by atoms with Crippen molar-refractivity contribution in [3.05, 3.63) is 40.0 Å². The number of amides is 1. The molecular weight excluding hydrogens is 434 g/mol. The molecule has 0 aliphatic heterocycles. The molecule has 1 aromatic carbocycles. The highest BCUT2D eigenvalue weighted by Crippen LogP contribution is 2.30. The van der Waals surface area contributed by atoms with Crippen LogP contribution in [0.25, 0.3) is 10.2 Å². The molecule has 0 radical (unpaired) electrons. The summed E-state index contributed by atoms with van der Waals surface area (Å²) in [4.78, 5) is 30.2.